The standard InChI is InChI=1S/C33H58O10/c1-17(15-34)7-6-8-18(2)24-26(38)27(39)29-32(24,4)12-10-23-31(3)11-9-19(13-20(31)21(35)14-33(23,29)40)43-30-28(41-5)25(37)22(36)16-42-30/h17-30,34-40H,6-16H2,1-5H3/t17-,18+,19-,20?,21-,22?,23?,24-,25?,26+,27-,28?,29?,30?,31-,32+,33-/m0/s1. The number of hydrogen-bond donors (Lipinski definition) is 7. The number of hydrogen-bond acceptors (Lipinski definition) is 10. The molecule has 4 saturated carbocycles. The van der Waals surface area contributed by atoms with Crippen LogP contribution in [0.15, 0.2) is 0 Å². The topological polar surface area (TPSA) is 169 Å². The first kappa shape index (κ1) is 33.9. The normalized spacial score (nSPS) is 53.0. The molecule has 250 valence electrons. The first-order valence-corrected chi connectivity index (χ1v) is 16.8. The van der Waals surface area contributed by atoms with Crippen molar-refractivity contribution >= 4 is 0 Å². The van der Waals surface area contributed by atoms with E-state index in [-0.39, 0.29) is 60.7 Å². The SMILES string of the molecule is COC1C(O[C@H]2CC[C@@]3(C)C(C2)[C@@H](O)C[C@]2(O)C3CC[C@@]3(C)C2[C@@H](O)[C@H](O)[C@@H]3[C@H](C)CCC[C@H](C)CO)OCC(O)C1O. The van der Waals surface area contributed by atoms with Gasteiger partial charge in [-0.15, -0.1) is 0 Å². The van der Waals surface area contributed by atoms with Crippen LogP contribution in [0.2, 0.25) is 0 Å². The van der Waals surface area contributed by atoms with E-state index in [9.17, 15) is 35.7 Å². The van der Waals surface area contributed by atoms with Crippen molar-refractivity contribution in [3.63, 3.8) is 0 Å². The molecular formula is C33H58O10. The van der Waals surface area contributed by atoms with E-state index in [1.54, 1.807) is 0 Å². The number of ether oxygens (including phenoxy) is 3. The highest BCUT2D eigenvalue weighted by molar-refractivity contribution is 5.21. The van der Waals surface area contributed by atoms with Crippen molar-refractivity contribution in [2.75, 3.05) is 20.3 Å². The highest BCUT2D eigenvalue weighted by Crippen LogP contribution is 2.70. The van der Waals surface area contributed by atoms with E-state index in [0.717, 1.165) is 32.1 Å². The maximum absolute atomic E-state index is 12.6. The molecule has 10 heteroatoms. The van der Waals surface area contributed by atoms with Gasteiger partial charge in [0, 0.05) is 26.1 Å². The molecule has 0 aromatic rings. The van der Waals surface area contributed by atoms with E-state index in [0.29, 0.717) is 19.3 Å². The largest absolute Gasteiger partial charge is 0.396 e. The summed E-state index contributed by atoms with van der Waals surface area (Å²) in [5.74, 6) is -0.583. The van der Waals surface area contributed by atoms with E-state index >= 15 is 0 Å². The molecule has 0 amide bonds. The Morgan fingerprint density at radius 1 is 0.907 bits per heavy atom. The highest BCUT2D eigenvalue weighted by atomic mass is 16.7. The summed E-state index contributed by atoms with van der Waals surface area (Å²) in [6.45, 7) is 8.60. The van der Waals surface area contributed by atoms with E-state index in [2.05, 4.69) is 20.8 Å². The smallest absolute Gasteiger partial charge is 0.186 e. The average Bonchev–Trinajstić information content (AvgIpc) is 3.16. The quantitative estimate of drug-likeness (QED) is 0.189. The van der Waals surface area contributed by atoms with Crippen molar-refractivity contribution in [3.8, 4) is 0 Å². The zero-order valence-corrected chi connectivity index (χ0v) is 26.7. The monoisotopic (exact) mass is 614 g/mol. The molecule has 0 spiro atoms. The zero-order valence-electron chi connectivity index (χ0n) is 26.7. The molecule has 1 heterocycles. The lowest BCUT2D eigenvalue weighted by Crippen LogP contribution is -2.69. The Bertz CT molecular complexity index is 953. The molecule has 0 radical (unpaired) electrons. The molecule has 0 aromatic heterocycles. The van der Waals surface area contributed by atoms with Gasteiger partial charge in [-0.2, -0.15) is 0 Å². The first-order valence-electron chi connectivity index (χ1n) is 16.8. The van der Waals surface area contributed by atoms with Crippen molar-refractivity contribution in [2.24, 2.45) is 46.3 Å². The second-order valence-electron chi connectivity index (χ2n) is 15.6. The molecule has 4 aliphatic carbocycles. The van der Waals surface area contributed by atoms with Gasteiger partial charge >= 0.3 is 0 Å². The van der Waals surface area contributed by atoms with E-state index in [1.165, 1.54) is 7.11 Å². The highest BCUT2D eigenvalue weighted by Gasteiger charge is 2.72. The summed E-state index contributed by atoms with van der Waals surface area (Å²) in [4.78, 5) is 0. The van der Waals surface area contributed by atoms with Crippen LogP contribution in [0.5, 0.6) is 0 Å². The third kappa shape index (κ3) is 5.63. The summed E-state index contributed by atoms with van der Waals surface area (Å²) in [7, 11) is 1.45. The van der Waals surface area contributed by atoms with Gasteiger partial charge in [0.15, 0.2) is 6.29 Å². The molecule has 1 aliphatic heterocycles. The summed E-state index contributed by atoms with van der Waals surface area (Å²) in [6, 6.07) is 0. The fourth-order valence-corrected chi connectivity index (χ4v) is 11.0. The number of fused-ring (bicyclic) bond motifs is 5. The van der Waals surface area contributed by atoms with Crippen LogP contribution in [0.4, 0.5) is 0 Å². The molecule has 0 aromatic carbocycles. The lowest BCUT2D eigenvalue weighted by atomic mass is 9.42. The predicted molar refractivity (Wildman–Crippen MR) is 158 cm³/mol. The fourth-order valence-electron chi connectivity index (χ4n) is 11.0. The van der Waals surface area contributed by atoms with E-state index < -0.39 is 59.8 Å². The van der Waals surface area contributed by atoms with Crippen LogP contribution in [0.3, 0.4) is 0 Å². The molecule has 17 atom stereocenters. The maximum atomic E-state index is 12.6. The molecular weight excluding hydrogens is 556 g/mol. The Morgan fingerprint density at radius 2 is 1.60 bits per heavy atom. The number of methoxy groups -OCH3 is 1. The fraction of sp³-hybridized carbons (Fsp3) is 1.00. The minimum Gasteiger partial charge on any atom is -0.396 e. The van der Waals surface area contributed by atoms with Crippen LogP contribution in [0, 0.1) is 46.3 Å². The second kappa shape index (κ2) is 12.7. The van der Waals surface area contributed by atoms with Gasteiger partial charge in [0.2, 0.25) is 0 Å². The van der Waals surface area contributed by atoms with Crippen molar-refractivity contribution in [1.29, 1.82) is 0 Å². The van der Waals surface area contributed by atoms with Crippen molar-refractivity contribution < 1.29 is 50.0 Å². The van der Waals surface area contributed by atoms with E-state index in [4.69, 9.17) is 14.2 Å². The summed E-state index contributed by atoms with van der Waals surface area (Å²) in [6.07, 6.45) is -0.449. The molecule has 7 N–H and O–H groups in total. The van der Waals surface area contributed by atoms with Crippen LogP contribution >= 0.6 is 0 Å². The number of rotatable bonds is 9. The Morgan fingerprint density at radius 3 is 2.28 bits per heavy atom. The predicted octanol–water partition coefficient (Wildman–Crippen LogP) is 1.59. The maximum Gasteiger partial charge on any atom is 0.186 e. The summed E-state index contributed by atoms with van der Waals surface area (Å²) in [5, 5.41) is 77.2. The molecule has 0 bridgehead atoms. The van der Waals surface area contributed by atoms with Gasteiger partial charge in [-0.05, 0) is 78.9 Å². The third-order valence-corrected chi connectivity index (χ3v) is 13.1. The molecule has 10 nitrogen and oxygen atoms in total. The molecule has 1 saturated heterocycles. The third-order valence-electron chi connectivity index (χ3n) is 13.1. The Kier molecular flexibility index (Phi) is 9.99. The summed E-state index contributed by atoms with van der Waals surface area (Å²) < 4.78 is 17.4. The molecule has 5 aliphatic rings. The minimum absolute atomic E-state index is 0.0486. The number of aliphatic hydroxyl groups excluding tert-OH is 6. The second-order valence-corrected chi connectivity index (χ2v) is 15.6. The van der Waals surface area contributed by atoms with Crippen molar-refractivity contribution in [1.82, 2.24) is 0 Å². The Labute approximate surface area is 256 Å². The van der Waals surface area contributed by atoms with Crippen molar-refractivity contribution in [2.45, 2.75) is 140 Å². The van der Waals surface area contributed by atoms with Gasteiger partial charge in [-0.25, -0.2) is 0 Å². The van der Waals surface area contributed by atoms with Crippen LogP contribution in [0.1, 0.15) is 85.5 Å². The lowest BCUT2D eigenvalue weighted by Gasteiger charge is -2.66. The van der Waals surface area contributed by atoms with Gasteiger partial charge in [-0.3, -0.25) is 0 Å². The van der Waals surface area contributed by atoms with Crippen LogP contribution in [0.25, 0.3) is 0 Å². The molecule has 7 unspecified atom stereocenters. The van der Waals surface area contributed by atoms with Gasteiger partial charge in [0.25, 0.3) is 0 Å². The first-order chi connectivity index (χ1) is 20.2. The molecule has 43 heavy (non-hydrogen) atoms. The van der Waals surface area contributed by atoms with Crippen LogP contribution in [-0.4, -0.2) is 111 Å². The minimum atomic E-state index is -1.31. The summed E-state index contributed by atoms with van der Waals surface area (Å²) in [5.41, 5.74) is -2.15. The Balaban J connectivity index is 1.32. The van der Waals surface area contributed by atoms with E-state index in [1.807, 2.05) is 6.92 Å². The van der Waals surface area contributed by atoms with Gasteiger partial charge in [0.1, 0.15) is 18.3 Å². The lowest BCUT2D eigenvalue weighted by molar-refractivity contribution is -0.303. The Hall–Kier alpha value is -0.400. The number of aliphatic hydroxyl groups is 7. The summed E-state index contributed by atoms with van der Waals surface area (Å²) >= 11 is 0. The average molecular weight is 615 g/mol. The van der Waals surface area contributed by atoms with Gasteiger partial charge < -0.3 is 50.0 Å². The molecule has 5 rings (SSSR count). The van der Waals surface area contributed by atoms with Crippen LogP contribution in [-0.2, 0) is 14.2 Å². The van der Waals surface area contributed by atoms with Crippen LogP contribution < -0.4 is 0 Å². The zero-order chi connectivity index (χ0) is 31.5. The van der Waals surface area contributed by atoms with Gasteiger partial charge in [-0.1, -0.05) is 40.5 Å². The van der Waals surface area contributed by atoms with Gasteiger partial charge in [0.05, 0.1) is 36.6 Å². The van der Waals surface area contributed by atoms with Crippen molar-refractivity contribution in [3.05, 3.63) is 0 Å². The molecule has 5 fully saturated rings.